The molecule has 0 saturated carbocycles. The van der Waals surface area contributed by atoms with Gasteiger partial charge in [0.1, 0.15) is 16.8 Å². The number of nitrogens with two attached hydrogens (primary N) is 1. The third-order valence-electron chi connectivity index (χ3n) is 4.07. The first-order valence-corrected chi connectivity index (χ1v) is 7.35. The SMILES string of the molecule is NC(=O)c1c(O)c2ccccc2c2nc3ccc(C(=O)O)cc3nc12. The van der Waals surface area contributed by atoms with Crippen LogP contribution in [0.1, 0.15) is 20.7 Å². The molecule has 1 heterocycles. The van der Waals surface area contributed by atoms with Crippen LogP contribution in [0.2, 0.25) is 0 Å². The van der Waals surface area contributed by atoms with Crippen LogP contribution in [-0.4, -0.2) is 32.1 Å². The molecule has 0 saturated heterocycles. The number of phenols is 1. The lowest BCUT2D eigenvalue weighted by molar-refractivity contribution is 0.0696. The number of carbonyl (C=O) groups excluding carboxylic acids is 1. The summed E-state index contributed by atoms with van der Waals surface area (Å²) in [4.78, 5) is 31.9. The Hall–Kier alpha value is -3.74. The zero-order valence-corrected chi connectivity index (χ0v) is 12.7. The van der Waals surface area contributed by atoms with E-state index in [0.717, 1.165) is 0 Å². The molecule has 1 aromatic heterocycles. The summed E-state index contributed by atoms with van der Waals surface area (Å²) in [5, 5.41) is 20.7. The Morgan fingerprint density at radius 1 is 0.920 bits per heavy atom. The minimum Gasteiger partial charge on any atom is -0.506 e. The van der Waals surface area contributed by atoms with Crippen molar-refractivity contribution in [1.82, 2.24) is 9.97 Å². The normalized spacial score (nSPS) is 11.2. The first-order chi connectivity index (χ1) is 12.0. The van der Waals surface area contributed by atoms with Crippen LogP contribution in [0.4, 0.5) is 0 Å². The van der Waals surface area contributed by atoms with E-state index < -0.39 is 11.9 Å². The van der Waals surface area contributed by atoms with Gasteiger partial charge in [-0.2, -0.15) is 0 Å². The molecular weight excluding hydrogens is 322 g/mol. The summed E-state index contributed by atoms with van der Waals surface area (Å²) in [5.74, 6) is -2.20. The standard InChI is InChI=1S/C18H11N3O4/c19-17(23)13-15-14(9-3-1-2-4-10(9)16(13)22)20-11-6-5-8(18(24)25)7-12(11)21-15/h1-7,22H,(H2,19,23)(H,24,25). The summed E-state index contributed by atoms with van der Waals surface area (Å²) in [5.41, 5.74) is 6.67. The Bertz CT molecular complexity index is 1220. The highest BCUT2D eigenvalue weighted by atomic mass is 16.4. The molecule has 0 spiro atoms. The van der Waals surface area contributed by atoms with Crippen molar-refractivity contribution in [3.63, 3.8) is 0 Å². The molecule has 25 heavy (non-hydrogen) atoms. The van der Waals surface area contributed by atoms with Crippen LogP contribution in [0.25, 0.3) is 32.8 Å². The largest absolute Gasteiger partial charge is 0.506 e. The summed E-state index contributed by atoms with van der Waals surface area (Å²) in [6.07, 6.45) is 0. The maximum Gasteiger partial charge on any atom is 0.335 e. The Kier molecular flexibility index (Phi) is 3.04. The molecule has 7 nitrogen and oxygen atoms in total. The van der Waals surface area contributed by atoms with E-state index in [1.165, 1.54) is 12.1 Å². The molecule has 0 bridgehead atoms. The van der Waals surface area contributed by atoms with Gasteiger partial charge < -0.3 is 15.9 Å². The van der Waals surface area contributed by atoms with Crippen molar-refractivity contribution in [1.29, 1.82) is 0 Å². The third kappa shape index (κ3) is 2.13. The van der Waals surface area contributed by atoms with E-state index in [0.29, 0.717) is 27.3 Å². The molecule has 0 aliphatic carbocycles. The highest BCUT2D eigenvalue weighted by Crippen LogP contribution is 2.36. The minimum atomic E-state index is -1.10. The number of aromatic nitrogens is 2. The number of hydrogen-bond donors (Lipinski definition) is 3. The number of aromatic carboxylic acids is 1. The molecule has 4 N–H and O–H groups in total. The number of primary amides is 1. The quantitative estimate of drug-likeness (QED) is 0.382. The Labute approximate surface area is 140 Å². The van der Waals surface area contributed by atoms with Crippen molar-refractivity contribution in [3.8, 4) is 5.75 Å². The lowest BCUT2D eigenvalue weighted by Crippen LogP contribution is -2.13. The molecule has 4 aromatic rings. The number of nitrogens with zero attached hydrogens (tertiary/aromatic N) is 2. The molecule has 0 unspecified atom stereocenters. The number of fused-ring (bicyclic) bond motifs is 4. The number of hydrogen-bond acceptors (Lipinski definition) is 5. The van der Waals surface area contributed by atoms with Crippen LogP contribution in [0.5, 0.6) is 5.75 Å². The van der Waals surface area contributed by atoms with Gasteiger partial charge in [0.2, 0.25) is 0 Å². The van der Waals surface area contributed by atoms with Gasteiger partial charge in [-0.25, -0.2) is 14.8 Å². The van der Waals surface area contributed by atoms with Crippen molar-refractivity contribution < 1.29 is 19.8 Å². The second-order valence-electron chi connectivity index (χ2n) is 5.56. The number of rotatable bonds is 2. The zero-order chi connectivity index (χ0) is 17.7. The second-order valence-corrected chi connectivity index (χ2v) is 5.56. The fourth-order valence-corrected chi connectivity index (χ4v) is 2.93. The first-order valence-electron chi connectivity index (χ1n) is 7.35. The van der Waals surface area contributed by atoms with Gasteiger partial charge in [0, 0.05) is 10.8 Å². The molecule has 0 aliphatic heterocycles. The van der Waals surface area contributed by atoms with E-state index in [-0.39, 0.29) is 22.4 Å². The van der Waals surface area contributed by atoms with Crippen LogP contribution >= 0.6 is 0 Å². The zero-order valence-electron chi connectivity index (χ0n) is 12.7. The van der Waals surface area contributed by atoms with E-state index in [1.807, 2.05) is 0 Å². The lowest BCUT2D eigenvalue weighted by atomic mass is 10.0. The summed E-state index contributed by atoms with van der Waals surface area (Å²) < 4.78 is 0. The molecular formula is C18H11N3O4. The van der Waals surface area contributed by atoms with Crippen LogP contribution in [0, 0.1) is 0 Å². The molecule has 7 heteroatoms. The number of aromatic hydroxyl groups is 1. The summed E-state index contributed by atoms with van der Waals surface area (Å²) in [7, 11) is 0. The topological polar surface area (TPSA) is 126 Å². The second kappa shape index (κ2) is 5.13. The van der Waals surface area contributed by atoms with E-state index in [9.17, 15) is 14.7 Å². The van der Waals surface area contributed by atoms with Crippen molar-refractivity contribution in [2.24, 2.45) is 5.73 Å². The van der Waals surface area contributed by atoms with E-state index in [2.05, 4.69) is 9.97 Å². The van der Waals surface area contributed by atoms with Crippen molar-refractivity contribution in [3.05, 3.63) is 53.6 Å². The number of carboxylic acids is 1. The number of amides is 1. The number of carboxylic acid groups (broad SMARTS) is 1. The van der Waals surface area contributed by atoms with Crippen molar-refractivity contribution in [2.45, 2.75) is 0 Å². The first kappa shape index (κ1) is 14.8. The van der Waals surface area contributed by atoms with Gasteiger partial charge in [0.25, 0.3) is 5.91 Å². The predicted molar refractivity (Wildman–Crippen MR) is 91.7 cm³/mol. The molecule has 1 amide bonds. The van der Waals surface area contributed by atoms with Crippen LogP contribution in [0.15, 0.2) is 42.5 Å². The average molecular weight is 333 g/mol. The van der Waals surface area contributed by atoms with Gasteiger partial charge in [0.15, 0.2) is 0 Å². The highest BCUT2D eigenvalue weighted by molar-refractivity contribution is 6.18. The Morgan fingerprint density at radius 2 is 1.60 bits per heavy atom. The minimum absolute atomic E-state index is 0.0480. The van der Waals surface area contributed by atoms with Gasteiger partial charge in [-0.1, -0.05) is 24.3 Å². The van der Waals surface area contributed by atoms with Gasteiger partial charge in [-0.3, -0.25) is 4.79 Å². The van der Waals surface area contributed by atoms with E-state index >= 15 is 0 Å². The molecule has 4 rings (SSSR count). The van der Waals surface area contributed by atoms with Gasteiger partial charge in [-0.05, 0) is 18.2 Å². The molecule has 0 aliphatic rings. The summed E-state index contributed by atoms with van der Waals surface area (Å²) in [6, 6.07) is 11.3. The highest BCUT2D eigenvalue weighted by Gasteiger charge is 2.20. The molecule has 0 atom stereocenters. The molecule has 3 aromatic carbocycles. The number of carbonyl (C=O) groups is 2. The van der Waals surface area contributed by atoms with Crippen LogP contribution in [-0.2, 0) is 0 Å². The monoisotopic (exact) mass is 333 g/mol. The lowest BCUT2D eigenvalue weighted by Gasteiger charge is -2.11. The Morgan fingerprint density at radius 3 is 2.28 bits per heavy atom. The Balaban J connectivity index is 2.24. The van der Waals surface area contributed by atoms with Gasteiger partial charge in [0.05, 0.1) is 22.1 Å². The van der Waals surface area contributed by atoms with Crippen molar-refractivity contribution in [2.75, 3.05) is 0 Å². The maximum atomic E-state index is 11.9. The van der Waals surface area contributed by atoms with Crippen molar-refractivity contribution >= 4 is 44.7 Å². The van der Waals surface area contributed by atoms with Gasteiger partial charge in [-0.15, -0.1) is 0 Å². The van der Waals surface area contributed by atoms with Crippen LogP contribution < -0.4 is 5.73 Å². The van der Waals surface area contributed by atoms with Gasteiger partial charge >= 0.3 is 5.97 Å². The fourth-order valence-electron chi connectivity index (χ4n) is 2.93. The predicted octanol–water partition coefficient (Wildman–Crippen LogP) is 2.44. The number of benzene rings is 3. The van der Waals surface area contributed by atoms with E-state index in [1.54, 1.807) is 30.3 Å². The molecule has 0 radical (unpaired) electrons. The smallest absolute Gasteiger partial charge is 0.335 e. The van der Waals surface area contributed by atoms with E-state index in [4.69, 9.17) is 10.8 Å². The average Bonchev–Trinajstić information content (AvgIpc) is 2.60. The third-order valence-corrected chi connectivity index (χ3v) is 4.07. The van der Waals surface area contributed by atoms with Crippen LogP contribution in [0.3, 0.4) is 0 Å². The fraction of sp³-hybridized carbons (Fsp3) is 0. The summed E-state index contributed by atoms with van der Waals surface area (Å²) >= 11 is 0. The maximum absolute atomic E-state index is 11.9. The molecule has 122 valence electrons. The molecule has 0 fully saturated rings. The summed E-state index contributed by atoms with van der Waals surface area (Å²) in [6.45, 7) is 0.